The third kappa shape index (κ3) is 4.53. The lowest BCUT2D eigenvalue weighted by atomic mass is 10.2. The van der Waals surface area contributed by atoms with E-state index in [1.165, 1.54) is 0 Å². The van der Waals surface area contributed by atoms with E-state index in [1.54, 1.807) is 19.2 Å². The van der Waals surface area contributed by atoms with Crippen molar-refractivity contribution in [3.8, 4) is 5.75 Å². The topological polar surface area (TPSA) is 50.8 Å². The van der Waals surface area contributed by atoms with Crippen LogP contribution in [0.3, 0.4) is 0 Å². The maximum absolute atomic E-state index is 11.6. The Balaban J connectivity index is 2.59. The lowest BCUT2D eigenvalue weighted by Crippen LogP contribution is -2.42. The minimum atomic E-state index is -0.509. The number of nitrogens with zero attached hydrogens (tertiary/aromatic N) is 1. The molecule has 0 spiro atoms. The highest BCUT2D eigenvalue weighted by atomic mass is 16.6. The Labute approximate surface area is 108 Å². The molecule has 5 nitrogen and oxygen atoms in total. The largest absolute Gasteiger partial charge is 0.497 e. The highest BCUT2D eigenvalue weighted by Gasteiger charge is 2.17. The maximum atomic E-state index is 11.6. The van der Waals surface area contributed by atoms with E-state index in [0.29, 0.717) is 0 Å². The molecule has 0 saturated carbocycles. The van der Waals surface area contributed by atoms with E-state index >= 15 is 0 Å². The Bertz CT molecular complexity index is 396. The average molecular weight is 252 g/mol. The highest BCUT2D eigenvalue weighted by Crippen LogP contribution is 2.17. The van der Waals surface area contributed by atoms with Gasteiger partial charge in [-0.25, -0.2) is 10.2 Å². The van der Waals surface area contributed by atoms with Gasteiger partial charge in [-0.2, -0.15) is 0 Å². The van der Waals surface area contributed by atoms with Gasteiger partial charge in [-0.1, -0.05) is 0 Å². The predicted octanol–water partition coefficient (Wildman–Crippen LogP) is 2.57. The van der Waals surface area contributed by atoms with Crippen LogP contribution in [0.4, 0.5) is 10.5 Å². The van der Waals surface area contributed by atoms with Gasteiger partial charge in [0.05, 0.1) is 12.8 Å². The number of carbonyl (C=O) groups is 1. The first-order valence-corrected chi connectivity index (χ1v) is 5.69. The molecule has 0 unspecified atom stereocenters. The Kier molecular flexibility index (Phi) is 4.42. The molecule has 5 heteroatoms. The maximum Gasteiger partial charge on any atom is 0.426 e. The lowest BCUT2D eigenvalue weighted by molar-refractivity contribution is 0.0524. The van der Waals surface area contributed by atoms with E-state index in [2.05, 4.69) is 5.43 Å². The van der Waals surface area contributed by atoms with Crippen molar-refractivity contribution in [1.29, 1.82) is 0 Å². The quantitative estimate of drug-likeness (QED) is 0.840. The normalized spacial score (nSPS) is 10.7. The number of rotatable bonds is 3. The molecule has 0 saturated heterocycles. The Morgan fingerprint density at radius 2 is 1.78 bits per heavy atom. The zero-order valence-corrected chi connectivity index (χ0v) is 11.5. The summed E-state index contributed by atoms with van der Waals surface area (Å²) in [6, 6.07) is 7.33. The summed E-state index contributed by atoms with van der Waals surface area (Å²) in [5.41, 5.74) is 2.95. The van der Waals surface area contributed by atoms with Crippen molar-refractivity contribution in [2.75, 3.05) is 19.2 Å². The molecule has 1 aromatic rings. The molecule has 0 bridgehead atoms. The van der Waals surface area contributed by atoms with Gasteiger partial charge in [-0.15, -0.1) is 0 Å². The van der Waals surface area contributed by atoms with Crippen molar-refractivity contribution in [3.63, 3.8) is 0 Å². The number of carbonyl (C=O) groups excluding carboxylic acids is 1. The van der Waals surface area contributed by atoms with Crippen LogP contribution < -0.4 is 15.2 Å². The van der Waals surface area contributed by atoms with Gasteiger partial charge in [-0.3, -0.25) is 5.01 Å². The minimum absolute atomic E-state index is 0.485. The number of anilines is 1. The summed E-state index contributed by atoms with van der Waals surface area (Å²) >= 11 is 0. The summed E-state index contributed by atoms with van der Waals surface area (Å²) < 4.78 is 10.2. The summed E-state index contributed by atoms with van der Waals surface area (Å²) in [7, 11) is 3.35. The number of hydrogen-bond donors (Lipinski definition) is 1. The molecule has 100 valence electrons. The Morgan fingerprint density at radius 1 is 1.22 bits per heavy atom. The molecule has 1 rings (SSSR count). The first-order valence-electron chi connectivity index (χ1n) is 5.69. The zero-order chi connectivity index (χ0) is 13.8. The smallest absolute Gasteiger partial charge is 0.426 e. The first kappa shape index (κ1) is 14.2. The molecule has 18 heavy (non-hydrogen) atoms. The van der Waals surface area contributed by atoms with E-state index in [9.17, 15) is 4.79 Å². The average Bonchev–Trinajstić information content (AvgIpc) is 2.26. The number of amides is 1. The lowest BCUT2D eigenvalue weighted by Gasteiger charge is -2.24. The number of methoxy groups -OCH3 is 1. The van der Waals surface area contributed by atoms with Crippen LogP contribution in [0.2, 0.25) is 0 Å². The molecule has 0 aliphatic rings. The van der Waals surface area contributed by atoms with Crippen LogP contribution in [0.1, 0.15) is 20.8 Å². The van der Waals surface area contributed by atoms with Crippen LogP contribution in [0.5, 0.6) is 5.75 Å². The molecule has 0 aromatic heterocycles. The van der Waals surface area contributed by atoms with Crippen molar-refractivity contribution in [2.24, 2.45) is 0 Å². The summed E-state index contributed by atoms with van der Waals surface area (Å²) in [6.07, 6.45) is -0.485. The van der Waals surface area contributed by atoms with Gasteiger partial charge in [0.15, 0.2) is 0 Å². The Morgan fingerprint density at radius 3 is 2.22 bits per heavy atom. The minimum Gasteiger partial charge on any atom is -0.497 e. The SMILES string of the molecule is COc1ccc(N(C)NC(=O)OC(C)(C)C)cc1. The van der Waals surface area contributed by atoms with Gasteiger partial charge in [0.25, 0.3) is 0 Å². The fraction of sp³-hybridized carbons (Fsp3) is 0.462. The molecule has 0 heterocycles. The number of nitrogens with one attached hydrogen (secondary N) is 1. The van der Waals surface area contributed by atoms with Crippen LogP contribution in [-0.2, 0) is 4.74 Å². The summed E-state index contributed by atoms with van der Waals surface area (Å²) in [5.74, 6) is 0.768. The highest BCUT2D eigenvalue weighted by molar-refractivity contribution is 5.70. The first-order chi connectivity index (χ1) is 8.31. The summed E-state index contributed by atoms with van der Waals surface area (Å²) in [6.45, 7) is 5.46. The number of hydrazine groups is 1. The summed E-state index contributed by atoms with van der Waals surface area (Å²) in [4.78, 5) is 11.6. The number of benzene rings is 1. The van der Waals surface area contributed by atoms with Crippen molar-refractivity contribution in [2.45, 2.75) is 26.4 Å². The summed E-state index contributed by atoms with van der Waals surface area (Å²) in [5, 5.41) is 1.59. The zero-order valence-electron chi connectivity index (χ0n) is 11.5. The van der Waals surface area contributed by atoms with E-state index in [0.717, 1.165) is 11.4 Å². The van der Waals surface area contributed by atoms with Crippen LogP contribution in [0.25, 0.3) is 0 Å². The molecule has 0 aliphatic carbocycles. The van der Waals surface area contributed by atoms with Crippen molar-refractivity contribution in [3.05, 3.63) is 24.3 Å². The molecule has 1 N–H and O–H groups in total. The molecule has 0 atom stereocenters. The third-order valence-corrected chi connectivity index (χ3v) is 2.12. The van der Waals surface area contributed by atoms with Crippen LogP contribution >= 0.6 is 0 Å². The molecule has 0 fully saturated rings. The van der Waals surface area contributed by atoms with Gasteiger partial charge >= 0.3 is 6.09 Å². The van der Waals surface area contributed by atoms with Crippen molar-refractivity contribution < 1.29 is 14.3 Å². The van der Waals surface area contributed by atoms with Gasteiger partial charge < -0.3 is 9.47 Å². The van der Waals surface area contributed by atoms with Crippen molar-refractivity contribution in [1.82, 2.24) is 5.43 Å². The molecule has 1 aromatic carbocycles. The predicted molar refractivity (Wildman–Crippen MR) is 70.8 cm³/mol. The van der Waals surface area contributed by atoms with Gasteiger partial charge in [0.2, 0.25) is 0 Å². The van der Waals surface area contributed by atoms with Gasteiger partial charge in [-0.05, 0) is 45.0 Å². The second-order valence-electron chi connectivity index (χ2n) is 4.87. The van der Waals surface area contributed by atoms with E-state index in [1.807, 2.05) is 45.0 Å². The number of ether oxygens (including phenoxy) is 2. The Hall–Kier alpha value is -1.91. The molecule has 0 aliphatic heterocycles. The molecular formula is C13H20N2O3. The monoisotopic (exact) mass is 252 g/mol. The third-order valence-electron chi connectivity index (χ3n) is 2.12. The van der Waals surface area contributed by atoms with E-state index in [4.69, 9.17) is 9.47 Å². The second kappa shape index (κ2) is 5.62. The van der Waals surface area contributed by atoms with Gasteiger partial charge in [0, 0.05) is 7.05 Å². The van der Waals surface area contributed by atoms with Crippen molar-refractivity contribution >= 4 is 11.8 Å². The van der Waals surface area contributed by atoms with Gasteiger partial charge in [0.1, 0.15) is 11.4 Å². The van der Waals surface area contributed by atoms with Crippen LogP contribution in [0, 0.1) is 0 Å². The van der Waals surface area contributed by atoms with E-state index in [-0.39, 0.29) is 0 Å². The second-order valence-corrected chi connectivity index (χ2v) is 4.87. The van der Waals surface area contributed by atoms with Crippen LogP contribution in [0.15, 0.2) is 24.3 Å². The standard InChI is InChI=1S/C13H20N2O3/c1-13(2,3)18-12(16)14-15(4)10-6-8-11(17-5)9-7-10/h6-9H,1-5H3,(H,14,16). The fourth-order valence-corrected chi connectivity index (χ4v) is 1.31. The molecular weight excluding hydrogens is 232 g/mol. The molecule has 1 amide bonds. The van der Waals surface area contributed by atoms with Crippen LogP contribution in [-0.4, -0.2) is 25.9 Å². The number of hydrogen-bond acceptors (Lipinski definition) is 4. The van der Waals surface area contributed by atoms with E-state index < -0.39 is 11.7 Å². The fourth-order valence-electron chi connectivity index (χ4n) is 1.31. The molecule has 0 radical (unpaired) electrons.